The number of benzene rings is 1. The highest BCUT2D eigenvalue weighted by Gasteiger charge is 2.49. The summed E-state index contributed by atoms with van der Waals surface area (Å²) in [5.74, 6) is -0.580. The Morgan fingerprint density at radius 3 is 2.45 bits per heavy atom. The minimum absolute atomic E-state index is 0.125. The molecular weight excluding hydrogens is 400 g/mol. The van der Waals surface area contributed by atoms with Gasteiger partial charge in [-0.1, -0.05) is 13.8 Å². The molecule has 3 atom stereocenters. The lowest BCUT2D eigenvalue weighted by Crippen LogP contribution is -2.59. The van der Waals surface area contributed by atoms with Gasteiger partial charge in [-0.15, -0.1) is 0 Å². The van der Waals surface area contributed by atoms with Crippen LogP contribution in [0.3, 0.4) is 0 Å². The van der Waals surface area contributed by atoms with Gasteiger partial charge in [0.15, 0.2) is 0 Å². The van der Waals surface area contributed by atoms with Crippen molar-refractivity contribution >= 4 is 23.8 Å². The minimum atomic E-state index is -1.05. The molecule has 3 rings (SSSR count). The molecule has 2 fully saturated rings. The van der Waals surface area contributed by atoms with Crippen molar-refractivity contribution < 1.29 is 23.9 Å². The van der Waals surface area contributed by atoms with Gasteiger partial charge in [-0.2, -0.15) is 0 Å². The molecule has 1 aromatic rings. The number of carbonyl (C=O) groups is 4. The number of piperidine rings is 1. The van der Waals surface area contributed by atoms with Crippen molar-refractivity contribution in [2.24, 2.45) is 11.8 Å². The van der Waals surface area contributed by atoms with Crippen LogP contribution in [0.1, 0.15) is 44.0 Å². The van der Waals surface area contributed by atoms with E-state index in [0.717, 1.165) is 6.42 Å². The molecule has 0 unspecified atom stereocenters. The van der Waals surface area contributed by atoms with E-state index in [0.29, 0.717) is 30.8 Å². The Hall–Kier alpha value is -3.10. The Balaban J connectivity index is 1.71. The molecule has 0 spiro atoms. The quantitative estimate of drug-likeness (QED) is 0.588. The lowest BCUT2D eigenvalue weighted by molar-refractivity contribution is -0.138. The third-order valence-corrected chi connectivity index (χ3v) is 6.19. The number of likely N-dealkylation sites (tertiary alicyclic amines) is 1. The zero-order valence-electron chi connectivity index (χ0n) is 18.4. The van der Waals surface area contributed by atoms with Crippen LogP contribution in [0.15, 0.2) is 24.3 Å². The van der Waals surface area contributed by atoms with Gasteiger partial charge in [-0.3, -0.25) is 19.7 Å². The standard InChI is InChI=1S/C22H30N4O5/c1-13(2)17(23-18(27)14-7-9-16(31-4)10-8-14)19(28)26-11-5-6-15(12-26)22(3)20(29)24-21(30)25-22/h7-10,13,15,17H,5-6,11-12H2,1-4H3,(H,23,27)(H2,24,25,29,30)/t15-,17+,22-/m1/s1. The predicted octanol–water partition coefficient (Wildman–Crippen LogP) is 1.29. The summed E-state index contributed by atoms with van der Waals surface area (Å²) in [6.45, 7) is 6.33. The molecule has 31 heavy (non-hydrogen) atoms. The Morgan fingerprint density at radius 2 is 1.90 bits per heavy atom. The number of hydrogen-bond donors (Lipinski definition) is 3. The zero-order chi connectivity index (χ0) is 22.8. The van der Waals surface area contributed by atoms with Crippen LogP contribution in [0.2, 0.25) is 0 Å². The van der Waals surface area contributed by atoms with E-state index in [-0.39, 0.29) is 29.6 Å². The van der Waals surface area contributed by atoms with Crippen LogP contribution in [0.5, 0.6) is 5.75 Å². The topological polar surface area (TPSA) is 117 Å². The van der Waals surface area contributed by atoms with Gasteiger partial charge in [0.2, 0.25) is 5.91 Å². The van der Waals surface area contributed by atoms with E-state index in [9.17, 15) is 19.2 Å². The average Bonchev–Trinajstić information content (AvgIpc) is 3.03. The highest BCUT2D eigenvalue weighted by Crippen LogP contribution is 2.30. The van der Waals surface area contributed by atoms with Crippen molar-refractivity contribution in [3.8, 4) is 5.75 Å². The summed E-state index contributed by atoms with van der Waals surface area (Å²) in [7, 11) is 1.55. The van der Waals surface area contributed by atoms with Gasteiger partial charge < -0.3 is 20.3 Å². The number of urea groups is 1. The first-order chi connectivity index (χ1) is 14.7. The molecule has 0 aliphatic carbocycles. The van der Waals surface area contributed by atoms with Crippen LogP contribution in [0.25, 0.3) is 0 Å². The first kappa shape index (κ1) is 22.6. The summed E-state index contributed by atoms with van der Waals surface area (Å²) in [5.41, 5.74) is -0.607. The summed E-state index contributed by atoms with van der Waals surface area (Å²) in [6.07, 6.45) is 1.44. The van der Waals surface area contributed by atoms with Gasteiger partial charge in [0.05, 0.1) is 7.11 Å². The highest BCUT2D eigenvalue weighted by atomic mass is 16.5. The molecule has 5 amide bonds. The third kappa shape index (κ3) is 4.65. The molecule has 2 saturated heterocycles. The monoisotopic (exact) mass is 430 g/mol. The highest BCUT2D eigenvalue weighted by molar-refractivity contribution is 6.07. The normalized spacial score (nSPS) is 24.4. The van der Waals surface area contributed by atoms with Crippen molar-refractivity contribution in [2.75, 3.05) is 20.2 Å². The van der Waals surface area contributed by atoms with Crippen LogP contribution < -0.4 is 20.7 Å². The predicted molar refractivity (Wildman–Crippen MR) is 113 cm³/mol. The Kier molecular flexibility index (Phi) is 6.52. The van der Waals surface area contributed by atoms with E-state index < -0.39 is 17.6 Å². The fourth-order valence-corrected chi connectivity index (χ4v) is 4.17. The number of imide groups is 1. The second-order valence-corrected chi connectivity index (χ2v) is 8.66. The van der Waals surface area contributed by atoms with E-state index in [4.69, 9.17) is 4.74 Å². The second kappa shape index (κ2) is 8.95. The molecule has 2 aliphatic heterocycles. The summed E-state index contributed by atoms with van der Waals surface area (Å²) in [4.78, 5) is 51.7. The summed E-state index contributed by atoms with van der Waals surface area (Å²) in [5, 5.41) is 7.85. The number of nitrogens with zero attached hydrogens (tertiary/aromatic N) is 1. The van der Waals surface area contributed by atoms with Gasteiger partial charge in [-0.05, 0) is 49.9 Å². The van der Waals surface area contributed by atoms with Crippen LogP contribution >= 0.6 is 0 Å². The summed E-state index contributed by atoms with van der Waals surface area (Å²) < 4.78 is 5.11. The molecule has 3 N–H and O–H groups in total. The van der Waals surface area contributed by atoms with E-state index >= 15 is 0 Å². The lowest BCUT2D eigenvalue weighted by atomic mass is 9.80. The van der Waals surface area contributed by atoms with Crippen LogP contribution in [-0.4, -0.2) is 60.4 Å². The molecule has 9 nitrogen and oxygen atoms in total. The largest absolute Gasteiger partial charge is 0.497 e. The maximum absolute atomic E-state index is 13.3. The van der Waals surface area contributed by atoms with E-state index in [2.05, 4.69) is 16.0 Å². The molecule has 1 aromatic carbocycles. The minimum Gasteiger partial charge on any atom is -0.497 e. The second-order valence-electron chi connectivity index (χ2n) is 8.66. The number of nitrogens with one attached hydrogen (secondary N) is 3. The van der Waals surface area contributed by atoms with Crippen LogP contribution in [-0.2, 0) is 9.59 Å². The van der Waals surface area contributed by atoms with Crippen molar-refractivity contribution in [3.05, 3.63) is 29.8 Å². The maximum atomic E-state index is 13.3. The van der Waals surface area contributed by atoms with Gasteiger partial charge in [0, 0.05) is 24.6 Å². The van der Waals surface area contributed by atoms with Gasteiger partial charge in [0.25, 0.3) is 11.8 Å². The number of hydrogen-bond acceptors (Lipinski definition) is 5. The Bertz CT molecular complexity index is 869. The number of methoxy groups -OCH3 is 1. The average molecular weight is 431 g/mol. The van der Waals surface area contributed by atoms with Crippen molar-refractivity contribution in [3.63, 3.8) is 0 Å². The summed E-state index contributed by atoms with van der Waals surface area (Å²) >= 11 is 0. The van der Waals surface area contributed by atoms with Crippen molar-refractivity contribution in [1.82, 2.24) is 20.9 Å². The Labute approximate surface area is 181 Å². The summed E-state index contributed by atoms with van der Waals surface area (Å²) in [6, 6.07) is 5.47. The van der Waals surface area contributed by atoms with Crippen LogP contribution in [0, 0.1) is 11.8 Å². The van der Waals surface area contributed by atoms with E-state index in [1.165, 1.54) is 0 Å². The van der Waals surface area contributed by atoms with Gasteiger partial charge in [0.1, 0.15) is 17.3 Å². The molecule has 2 aliphatic rings. The molecule has 2 heterocycles. The molecular formula is C22H30N4O5. The first-order valence-corrected chi connectivity index (χ1v) is 10.5. The van der Waals surface area contributed by atoms with Crippen molar-refractivity contribution in [1.29, 1.82) is 0 Å². The number of ether oxygens (including phenoxy) is 1. The smallest absolute Gasteiger partial charge is 0.322 e. The van der Waals surface area contributed by atoms with Crippen molar-refractivity contribution in [2.45, 2.75) is 45.2 Å². The number of rotatable bonds is 6. The van der Waals surface area contributed by atoms with E-state index in [1.54, 1.807) is 43.2 Å². The van der Waals surface area contributed by atoms with Gasteiger partial charge in [-0.25, -0.2) is 4.79 Å². The molecule has 0 saturated carbocycles. The molecule has 0 radical (unpaired) electrons. The zero-order valence-corrected chi connectivity index (χ0v) is 18.4. The van der Waals surface area contributed by atoms with E-state index in [1.807, 2.05) is 13.8 Å². The molecule has 168 valence electrons. The third-order valence-electron chi connectivity index (χ3n) is 6.19. The molecule has 0 bridgehead atoms. The lowest BCUT2D eigenvalue weighted by Gasteiger charge is -2.41. The van der Waals surface area contributed by atoms with Crippen LogP contribution in [0.4, 0.5) is 4.79 Å². The van der Waals surface area contributed by atoms with Gasteiger partial charge >= 0.3 is 6.03 Å². The molecule has 0 aromatic heterocycles. The molecule has 9 heteroatoms. The maximum Gasteiger partial charge on any atom is 0.322 e. The Morgan fingerprint density at radius 1 is 1.23 bits per heavy atom. The fraction of sp³-hybridized carbons (Fsp3) is 0.545. The fourth-order valence-electron chi connectivity index (χ4n) is 4.17. The number of carbonyl (C=O) groups excluding carboxylic acids is 4. The number of amides is 5. The first-order valence-electron chi connectivity index (χ1n) is 10.5. The SMILES string of the molecule is COc1ccc(C(=O)N[C@H](C(=O)N2CCC[C@@H]([C@@]3(C)NC(=O)NC3=O)C2)C(C)C)cc1.